The van der Waals surface area contributed by atoms with Crippen LogP contribution in [-0.4, -0.2) is 24.3 Å². The molecule has 0 radical (unpaired) electrons. The lowest BCUT2D eigenvalue weighted by molar-refractivity contribution is -0.144. The van der Waals surface area contributed by atoms with Crippen molar-refractivity contribution in [2.24, 2.45) is 5.41 Å². The lowest BCUT2D eigenvalue weighted by Crippen LogP contribution is -2.33. The molecule has 0 atom stereocenters. The third-order valence-electron chi connectivity index (χ3n) is 9.11. The molecule has 0 unspecified atom stereocenters. The summed E-state index contributed by atoms with van der Waals surface area (Å²) in [4.78, 5) is 11.5. The average molecular weight is 549 g/mol. The number of esters is 1. The van der Waals surface area contributed by atoms with Crippen molar-refractivity contribution in [1.82, 2.24) is 0 Å². The highest BCUT2D eigenvalue weighted by atomic mass is 16.5. The Hall–Kier alpha value is -0.830. The fourth-order valence-corrected chi connectivity index (χ4v) is 6.23. The van der Waals surface area contributed by atoms with Crippen LogP contribution in [0.3, 0.4) is 0 Å². The third kappa shape index (κ3) is 21.6. The lowest BCUT2D eigenvalue weighted by Gasteiger charge is -2.32. The van der Waals surface area contributed by atoms with E-state index in [1.807, 2.05) is 0 Å². The van der Waals surface area contributed by atoms with Gasteiger partial charge in [-0.2, -0.15) is 0 Å². The quantitative estimate of drug-likeness (QED) is 0.281. The Kier molecular flexibility index (Phi) is 24.2. The van der Waals surface area contributed by atoms with Crippen molar-refractivity contribution in [3.05, 3.63) is 12.2 Å². The van der Waals surface area contributed by atoms with Gasteiger partial charge in [0, 0.05) is 11.0 Å². The molecule has 1 N–H and O–H groups in total. The number of hydrogen-bond donors (Lipinski definition) is 1. The summed E-state index contributed by atoms with van der Waals surface area (Å²) in [5, 5.41) is 9.76. The number of aliphatic hydroxyl groups excluding tert-OH is 1. The van der Waals surface area contributed by atoms with Gasteiger partial charge in [0.2, 0.25) is 0 Å². The molecule has 0 aromatic rings. The second kappa shape index (κ2) is 26.1. The van der Waals surface area contributed by atoms with Gasteiger partial charge in [-0.05, 0) is 19.8 Å². The van der Waals surface area contributed by atoms with E-state index in [4.69, 9.17) is 4.74 Å². The molecule has 0 aliphatic heterocycles. The zero-order chi connectivity index (χ0) is 28.3. The van der Waals surface area contributed by atoms with Gasteiger partial charge >= 0.3 is 5.97 Å². The van der Waals surface area contributed by atoms with E-state index in [1.54, 1.807) is 6.92 Å². The van der Waals surface area contributed by atoms with Crippen molar-refractivity contribution in [3.63, 3.8) is 0 Å². The van der Waals surface area contributed by atoms with E-state index in [2.05, 4.69) is 6.58 Å². The predicted octanol–water partition coefficient (Wildman–Crippen LogP) is 11.4. The van der Waals surface area contributed by atoms with Gasteiger partial charge in [-0.1, -0.05) is 180 Å². The van der Waals surface area contributed by atoms with Crippen LogP contribution in [-0.2, 0) is 9.53 Å². The first-order valence-corrected chi connectivity index (χ1v) is 17.5. The molecule has 0 saturated heterocycles. The van der Waals surface area contributed by atoms with E-state index in [-0.39, 0.29) is 18.0 Å². The Balaban J connectivity index is 0.000000320. The van der Waals surface area contributed by atoms with Crippen molar-refractivity contribution in [3.8, 4) is 0 Å². The van der Waals surface area contributed by atoms with Crippen molar-refractivity contribution in [2.75, 3.05) is 13.2 Å². The van der Waals surface area contributed by atoms with Gasteiger partial charge in [-0.25, -0.2) is 4.79 Å². The number of hydrogen-bond acceptors (Lipinski definition) is 3. The van der Waals surface area contributed by atoms with Crippen LogP contribution in [0.25, 0.3) is 0 Å². The first kappa shape index (κ1) is 36.2. The summed E-state index contributed by atoms with van der Waals surface area (Å²) in [6, 6.07) is 0. The van der Waals surface area contributed by atoms with Crippen LogP contribution in [0.15, 0.2) is 12.2 Å². The molecule has 3 heteroatoms. The van der Waals surface area contributed by atoms with Crippen LogP contribution >= 0.6 is 0 Å². The molecule has 3 fully saturated rings. The molecule has 0 spiro atoms. The largest absolute Gasteiger partial charge is 0.462 e. The molecule has 230 valence electrons. The van der Waals surface area contributed by atoms with Crippen molar-refractivity contribution in [1.29, 1.82) is 0 Å². The molecule has 3 aliphatic rings. The molecule has 3 rings (SSSR count). The van der Waals surface area contributed by atoms with Gasteiger partial charge in [-0.3, -0.25) is 0 Å². The minimum Gasteiger partial charge on any atom is -0.462 e. The van der Waals surface area contributed by atoms with Gasteiger partial charge in [0.1, 0.15) is 0 Å². The SMILES string of the molecule is C1CCCCCCCCC1.C1CCCCCCCCC1.C=C(C)C(=O)OCC1(CO)CCCCCCCCC1. The minimum absolute atomic E-state index is 0.108. The van der Waals surface area contributed by atoms with E-state index in [0.29, 0.717) is 12.2 Å². The summed E-state index contributed by atoms with van der Waals surface area (Å²) >= 11 is 0. The zero-order valence-electron chi connectivity index (χ0n) is 26.4. The summed E-state index contributed by atoms with van der Waals surface area (Å²) in [5.41, 5.74) is 0.190. The molecule has 3 aliphatic carbocycles. The van der Waals surface area contributed by atoms with Gasteiger partial charge in [-0.15, -0.1) is 0 Å². The molecule has 0 aromatic heterocycles. The average Bonchev–Trinajstić information content (AvgIpc) is 2.97. The number of carbonyl (C=O) groups is 1. The normalized spacial score (nSPS) is 22.3. The first-order chi connectivity index (χ1) is 19.1. The maximum atomic E-state index is 11.5. The monoisotopic (exact) mass is 549 g/mol. The zero-order valence-corrected chi connectivity index (χ0v) is 26.4. The number of carbonyl (C=O) groups excluding carboxylic acids is 1. The molecular weight excluding hydrogens is 480 g/mol. The summed E-state index contributed by atoms with van der Waals surface area (Å²) in [7, 11) is 0. The van der Waals surface area contributed by atoms with Crippen molar-refractivity contribution < 1.29 is 14.6 Å². The number of aliphatic hydroxyl groups is 1. The maximum absolute atomic E-state index is 11.5. The second-order valence-electron chi connectivity index (χ2n) is 13.1. The van der Waals surface area contributed by atoms with E-state index in [0.717, 1.165) is 25.7 Å². The Labute approximate surface area is 244 Å². The fourth-order valence-electron chi connectivity index (χ4n) is 6.23. The van der Waals surface area contributed by atoms with Crippen LogP contribution in [0.1, 0.15) is 193 Å². The van der Waals surface area contributed by atoms with Crippen LogP contribution in [0, 0.1) is 5.41 Å². The van der Waals surface area contributed by atoms with E-state index in [9.17, 15) is 9.90 Å². The Bertz CT molecular complexity index is 473. The van der Waals surface area contributed by atoms with Gasteiger partial charge in [0.15, 0.2) is 0 Å². The first-order valence-electron chi connectivity index (χ1n) is 17.5. The highest BCUT2D eigenvalue weighted by Gasteiger charge is 2.30. The maximum Gasteiger partial charge on any atom is 0.333 e. The fraction of sp³-hybridized carbons (Fsp3) is 0.917. The summed E-state index contributed by atoms with van der Waals surface area (Å²) in [6.07, 6.45) is 40.5. The highest BCUT2D eigenvalue weighted by Crippen LogP contribution is 2.33. The number of ether oxygens (including phenoxy) is 1. The molecule has 39 heavy (non-hydrogen) atoms. The molecule has 0 heterocycles. The Morgan fingerprint density at radius 2 is 0.769 bits per heavy atom. The molecule has 0 bridgehead atoms. The second-order valence-corrected chi connectivity index (χ2v) is 13.1. The molecule has 0 aromatic carbocycles. The minimum atomic E-state index is -0.343. The van der Waals surface area contributed by atoms with Crippen LogP contribution < -0.4 is 0 Å². The Morgan fingerprint density at radius 3 is 0.974 bits per heavy atom. The van der Waals surface area contributed by atoms with Gasteiger partial charge in [0.05, 0.1) is 13.2 Å². The van der Waals surface area contributed by atoms with Gasteiger partial charge in [0.25, 0.3) is 0 Å². The highest BCUT2D eigenvalue weighted by molar-refractivity contribution is 5.86. The van der Waals surface area contributed by atoms with E-state index >= 15 is 0 Å². The van der Waals surface area contributed by atoms with E-state index in [1.165, 1.54) is 161 Å². The predicted molar refractivity (Wildman–Crippen MR) is 169 cm³/mol. The third-order valence-corrected chi connectivity index (χ3v) is 9.11. The van der Waals surface area contributed by atoms with Crippen molar-refractivity contribution in [2.45, 2.75) is 193 Å². The standard InChI is InChI=1S/C16H28O3.2C10H20/c1-14(2)15(18)19-13-16(12-17)10-8-6-4-3-5-7-9-11-16;2*1-2-4-6-8-10-9-7-5-3-1/h17H,1,3-13H2,2H3;2*1-10H2. The summed E-state index contributed by atoms with van der Waals surface area (Å²) in [5.74, 6) is -0.343. The van der Waals surface area contributed by atoms with E-state index < -0.39 is 0 Å². The van der Waals surface area contributed by atoms with Crippen molar-refractivity contribution >= 4 is 5.97 Å². The van der Waals surface area contributed by atoms with Crippen LogP contribution in [0.2, 0.25) is 0 Å². The van der Waals surface area contributed by atoms with Gasteiger partial charge < -0.3 is 9.84 Å². The molecule has 3 nitrogen and oxygen atoms in total. The van der Waals surface area contributed by atoms with Crippen LogP contribution in [0.4, 0.5) is 0 Å². The Morgan fingerprint density at radius 1 is 0.538 bits per heavy atom. The lowest BCUT2D eigenvalue weighted by atomic mass is 9.78. The number of rotatable bonds is 4. The summed E-state index contributed by atoms with van der Waals surface area (Å²) in [6.45, 7) is 5.68. The molecular formula is C36H68O3. The summed E-state index contributed by atoms with van der Waals surface area (Å²) < 4.78 is 5.31. The molecule has 0 amide bonds. The smallest absolute Gasteiger partial charge is 0.333 e. The topological polar surface area (TPSA) is 46.5 Å². The molecule has 3 saturated carbocycles. The van der Waals surface area contributed by atoms with Crippen LogP contribution in [0.5, 0.6) is 0 Å².